The highest BCUT2D eigenvalue weighted by Crippen LogP contribution is 2.18. The maximum Gasteiger partial charge on any atom is 0.255 e. The highest BCUT2D eigenvalue weighted by Gasteiger charge is 2.13. The van der Waals surface area contributed by atoms with Gasteiger partial charge in [-0.3, -0.25) is 9.78 Å². The summed E-state index contributed by atoms with van der Waals surface area (Å²) in [5, 5.41) is 2.85. The van der Waals surface area contributed by atoms with Crippen LogP contribution in [0.5, 0.6) is 0 Å². The molecule has 0 atom stereocenters. The lowest BCUT2D eigenvalue weighted by Gasteiger charge is -2.21. The lowest BCUT2D eigenvalue weighted by molar-refractivity contribution is 0.102. The fourth-order valence-corrected chi connectivity index (χ4v) is 2.67. The van der Waals surface area contributed by atoms with Crippen molar-refractivity contribution in [3.8, 4) is 0 Å². The molecule has 1 aliphatic heterocycles. The van der Waals surface area contributed by atoms with E-state index in [0.29, 0.717) is 11.3 Å². The minimum atomic E-state index is -0.133. The Morgan fingerprint density at radius 3 is 2.64 bits per heavy atom. The zero-order valence-electron chi connectivity index (χ0n) is 12.5. The van der Waals surface area contributed by atoms with Gasteiger partial charge in [-0.1, -0.05) is 12.8 Å². The van der Waals surface area contributed by atoms with Gasteiger partial charge in [0.15, 0.2) is 0 Å². The predicted molar refractivity (Wildman–Crippen MR) is 87.1 cm³/mol. The number of nitrogens with one attached hydrogen (secondary N) is 1. The fraction of sp³-hybridized carbons (Fsp3) is 0.353. The Morgan fingerprint density at radius 1 is 1.09 bits per heavy atom. The molecule has 1 fully saturated rings. The molecule has 22 heavy (non-hydrogen) atoms. The van der Waals surface area contributed by atoms with E-state index in [-0.39, 0.29) is 5.91 Å². The summed E-state index contributed by atoms with van der Waals surface area (Å²) in [6, 6.07) is 7.23. The SMILES string of the molecule is O=C(Nc1cccnc1)c1ccnc(N2CCCCCC2)c1. The van der Waals surface area contributed by atoms with Crippen molar-refractivity contribution in [1.82, 2.24) is 9.97 Å². The van der Waals surface area contributed by atoms with Crippen LogP contribution >= 0.6 is 0 Å². The summed E-state index contributed by atoms with van der Waals surface area (Å²) in [4.78, 5) is 23.0. The predicted octanol–water partition coefficient (Wildman–Crippen LogP) is 3.11. The Morgan fingerprint density at radius 2 is 1.91 bits per heavy atom. The molecule has 1 saturated heterocycles. The zero-order chi connectivity index (χ0) is 15.2. The largest absolute Gasteiger partial charge is 0.357 e. The first-order chi connectivity index (χ1) is 10.8. The number of nitrogens with zero attached hydrogens (tertiary/aromatic N) is 3. The number of carbonyl (C=O) groups is 1. The van der Waals surface area contributed by atoms with E-state index >= 15 is 0 Å². The molecule has 0 aromatic carbocycles. The molecule has 0 bridgehead atoms. The van der Waals surface area contributed by atoms with Crippen LogP contribution in [-0.4, -0.2) is 29.0 Å². The van der Waals surface area contributed by atoms with Gasteiger partial charge in [0.2, 0.25) is 0 Å². The van der Waals surface area contributed by atoms with E-state index in [0.717, 1.165) is 18.9 Å². The molecule has 2 aromatic heterocycles. The van der Waals surface area contributed by atoms with Crippen molar-refractivity contribution in [2.24, 2.45) is 0 Å². The Balaban J connectivity index is 1.74. The zero-order valence-corrected chi connectivity index (χ0v) is 12.5. The monoisotopic (exact) mass is 296 g/mol. The highest BCUT2D eigenvalue weighted by molar-refractivity contribution is 6.04. The summed E-state index contributed by atoms with van der Waals surface area (Å²) in [6.45, 7) is 2.03. The average molecular weight is 296 g/mol. The van der Waals surface area contributed by atoms with E-state index in [1.165, 1.54) is 25.7 Å². The van der Waals surface area contributed by atoms with Gasteiger partial charge in [-0.25, -0.2) is 4.98 Å². The number of rotatable bonds is 3. The van der Waals surface area contributed by atoms with Gasteiger partial charge >= 0.3 is 0 Å². The molecule has 0 spiro atoms. The molecule has 1 N–H and O–H groups in total. The molecule has 0 radical (unpaired) electrons. The van der Waals surface area contributed by atoms with Gasteiger partial charge < -0.3 is 10.2 Å². The van der Waals surface area contributed by atoms with Gasteiger partial charge in [0, 0.05) is 31.0 Å². The molecular formula is C17H20N4O. The first kappa shape index (κ1) is 14.5. The lowest BCUT2D eigenvalue weighted by atomic mass is 10.2. The van der Waals surface area contributed by atoms with Crippen molar-refractivity contribution in [1.29, 1.82) is 0 Å². The highest BCUT2D eigenvalue weighted by atomic mass is 16.1. The molecular weight excluding hydrogens is 276 g/mol. The van der Waals surface area contributed by atoms with Crippen molar-refractivity contribution in [2.75, 3.05) is 23.3 Å². The third-order valence-electron chi connectivity index (χ3n) is 3.86. The molecule has 1 amide bonds. The maximum atomic E-state index is 12.3. The Hall–Kier alpha value is -2.43. The van der Waals surface area contributed by atoms with E-state index in [1.54, 1.807) is 30.7 Å². The van der Waals surface area contributed by atoms with Crippen LogP contribution in [0, 0.1) is 0 Å². The van der Waals surface area contributed by atoms with Gasteiger partial charge in [-0.15, -0.1) is 0 Å². The number of carbonyl (C=O) groups excluding carboxylic acids is 1. The van der Waals surface area contributed by atoms with Gasteiger partial charge in [0.25, 0.3) is 5.91 Å². The number of hydrogen-bond donors (Lipinski definition) is 1. The van der Waals surface area contributed by atoms with Crippen LogP contribution in [0.3, 0.4) is 0 Å². The molecule has 0 saturated carbocycles. The number of aromatic nitrogens is 2. The summed E-state index contributed by atoms with van der Waals surface area (Å²) in [6.07, 6.45) is 9.95. The van der Waals surface area contributed by atoms with Crippen molar-refractivity contribution in [2.45, 2.75) is 25.7 Å². The van der Waals surface area contributed by atoms with Crippen LogP contribution in [0.25, 0.3) is 0 Å². The molecule has 1 aliphatic rings. The number of anilines is 2. The Kier molecular flexibility index (Phi) is 4.63. The van der Waals surface area contributed by atoms with Gasteiger partial charge in [-0.05, 0) is 37.1 Å². The summed E-state index contributed by atoms with van der Waals surface area (Å²) in [5.74, 6) is 0.757. The number of hydrogen-bond acceptors (Lipinski definition) is 4. The van der Waals surface area contributed by atoms with Crippen LogP contribution in [-0.2, 0) is 0 Å². The van der Waals surface area contributed by atoms with E-state index in [4.69, 9.17) is 0 Å². The summed E-state index contributed by atoms with van der Waals surface area (Å²) >= 11 is 0. The molecule has 0 unspecified atom stereocenters. The summed E-state index contributed by atoms with van der Waals surface area (Å²) < 4.78 is 0. The second-order valence-electron chi connectivity index (χ2n) is 5.50. The Labute approximate surface area is 130 Å². The van der Waals surface area contributed by atoms with Gasteiger partial charge in [0.1, 0.15) is 5.82 Å². The van der Waals surface area contributed by atoms with Crippen molar-refractivity contribution in [3.05, 3.63) is 48.4 Å². The van der Waals surface area contributed by atoms with Crippen molar-refractivity contribution >= 4 is 17.4 Å². The average Bonchev–Trinajstić information content (AvgIpc) is 2.85. The van der Waals surface area contributed by atoms with Gasteiger partial charge in [0.05, 0.1) is 11.9 Å². The van der Waals surface area contributed by atoms with Crippen molar-refractivity contribution < 1.29 is 4.79 Å². The lowest BCUT2D eigenvalue weighted by Crippen LogP contribution is -2.25. The van der Waals surface area contributed by atoms with E-state index in [9.17, 15) is 4.79 Å². The topological polar surface area (TPSA) is 58.1 Å². The Bertz CT molecular complexity index is 622. The van der Waals surface area contributed by atoms with Crippen LogP contribution in [0.4, 0.5) is 11.5 Å². The minimum Gasteiger partial charge on any atom is -0.357 e. The van der Waals surface area contributed by atoms with Gasteiger partial charge in [-0.2, -0.15) is 0 Å². The molecule has 5 heteroatoms. The second kappa shape index (κ2) is 7.02. The number of pyridine rings is 2. The molecule has 2 aromatic rings. The van der Waals surface area contributed by atoms with Crippen molar-refractivity contribution in [3.63, 3.8) is 0 Å². The molecule has 0 aliphatic carbocycles. The second-order valence-corrected chi connectivity index (χ2v) is 5.50. The molecule has 3 rings (SSSR count). The minimum absolute atomic E-state index is 0.133. The van der Waals surface area contributed by atoms with E-state index < -0.39 is 0 Å². The smallest absolute Gasteiger partial charge is 0.255 e. The standard InChI is InChI=1S/C17H20N4O/c22-17(20-15-6-5-8-18-13-15)14-7-9-19-16(12-14)21-10-3-1-2-4-11-21/h5-9,12-13H,1-4,10-11H2,(H,20,22). The first-order valence-electron chi connectivity index (χ1n) is 7.75. The number of amides is 1. The molecule has 5 nitrogen and oxygen atoms in total. The first-order valence-corrected chi connectivity index (χ1v) is 7.75. The third-order valence-corrected chi connectivity index (χ3v) is 3.86. The van der Waals surface area contributed by atoms with Crippen LogP contribution in [0.1, 0.15) is 36.0 Å². The fourth-order valence-electron chi connectivity index (χ4n) is 2.67. The van der Waals surface area contributed by atoms with E-state index in [1.807, 2.05) is 12.1 Å². The van der Waals surface area contributed by atoms with Crippen LogP contribution < -0.4 is 10.2 Å². The summed E-state index contributed by atoms with van der Waals surface area (Å²) in [5.41, 5.74) is 1.32. The maximum absolute atomic E-state index is 12.3. The molecule has 3 heterocycles. The normalized spacial score (nSPS) is 15.2. The third kappa shape index (κ3) is 3.61. The summed E-state index contributed by atoms with van der Waals surface area (Å²) in [7, 11) is 0. The quantitative estimate of drug-likeness (QED) is 0.945. The molecule has 114 valence electrons. The van der Waals surface area contributed by atoms with E-state index in [2.05, 4.69) is 20.2 Å². The van der Waals surface area contributed by atoms with Crippen LogP contribution in [0.15, 0.2) is 42.9 Å². The van der Waals surface area contributed by atoms with Crippen LogP contribution in [0.2, 0.25) is 0 Å².